The third-order valence-corrected chi connectivity index (χ3v) is 4.34. The topological polar surface area (TPSA) is 72.5 Å². The fourth-order valence-electron chi connectivity index (χ4n) is 2.29. The Morgan fingerprint density at radius 3 is 2.60 bits per heavy atom. The van der Waals surface area contributed by atoms with Crippen molar-refractivity contribution in [3.05, 3.63) is 70.8 Å². The van der Waals surface area contributed by atoms with E-state index in [0.717, 1.165) is 16.7 Å². The van der Waals surface area contributed by atoms with Crippen molar-refractivity contribution in [3.8, 4) is 0 Å². The molecule has 0 aliphatic rings. The molecule has 2 aromatic carbocycles. The largest absolute Gasteiger partial charge is 0.452 e. The normalized spacial score (nSPS) is 11.6. The molecule has 5 nitrogen and oxygen atoms in total. The van der Waals surface area contributed by atoms with E-state index in [1.54, 1.807) is 30.5 Å². The molecular weight excluding hydrogens is 338 g/mol. The SMILES string of the molecule is Cc1ccccc1CNC(=O)COC(=O)c1cccc(CS(C)=O)c1. The first-order valence-corrected chi connectivity index (χ1v) is 9.55. The van der Waals surface area contributed by atoms with Crippen LogP contribution in [-0.2, 0) is 32.6 Å². The molecule has 25 heavy (non-hydrogen) atoms. The van der Waals surface area contributed by atoms with Crippen molar-refractivity contribution in [2.75, 3.05) is 12.9 Å². The van der Waals surface area contributed by atoms with Crippen LogP contribution in [0.4, 0.5) is 0 Å². The minimum absolute atomic E-state index is 0.339. The van der Waals surface area contributed by atoms with E-state index in [9.17, 15) is 13.8 Å². The zero-order chi connectivity index (χ0) is 18.2. The first kappa shape index (κ1) is 18.9. The Bertz CT molecular complexity index is 788. The molecule has 0 aromatic heterocycles. The van der Waals surface area contributed by atoms with E-state index in [-0.39, 0.29) is 12.5 Å². The lowest BCUT2D eigenvalue weighted by atomic mass is 10.1. The summed E-state index contributed by atoms with van der Waals surface area (Å²) < 4.78 is 16.3. The number of nitrogens with one attached hydrogen (secondary N) is 1. The summed E-state index contributed by atoms with van der Waals surface area (Å²) in [7, 11) is -0.988. The summed E-state index contributed by atoms with van der Waals surface area (Å²) in [6.45, 7) is 2.02. The summed E-state index contributed by atoms with van der Waals surface area (Å²) in [5.74, 6) is -0.560. The lowest BCUT2D eigenvalue weighted by Gasteiger charge is -2.09. The van der Waals surface area contributed by atoms with Gasteiger partial charge < -0.3 is 10.1 Å². The molecule has 1 atom stereocenters. The second kappa shape index (κ2) is 9.13. The Morgan fingerprint density at radius 1 is 1.12 bits per heavy atom. The molecular formula is C19H21NO4S. The molecule has 0 saturated carbocycles. The predicted molar refractivity (Wildman–Crippen MR) is 97.5 cm³/mol. The standard InChI is InChI=1S/C19H21NO4S/c1-14-6-3-4-8-17(14)11-20-18(21)12-24-19(22)16-9-5-7-15(10-16)13-25(2)23/h3-10H,11-13H2,1-2H3,(H,20,21). The van der Waals surface area contributed by atoms with E-state index in [1.807, 2.05) is 31.2 Å². The van der Waals surface area contributed by atoms with Gasteiger partial charge in [0.05, 0.1) is 5.56 Å². The lowest BCUT2D eigenvalue weighted by Crippen LogP contribution is -2.28. The molecule has 0 heterocycles. The van der Waals surface area contributed by atoms with E-state index < -0.39 is 16.8 Å². The van der Waals surface area contributed by atoms with Crippen molar-refractivity contribution < 1.29 is 18.5 Å². The number of hydrogen-bond acceptors (Lipinski definition) is 4. The first-order valence-electron chi connectivity index (χ1n) is 7.83. The number of amides is 1. The molecule has 1 N–H and O–H groups in total. The molecule has 0 saturated heterocycles. The molecule has 0 radical (unpaired) electrons. The van der Waals surface area contributed by atoms with Crippen LogP contribution >= 0.6 is 0 Å². The van der Waals surface area contributed by atoms with Crippen LogP contribution in [0.2, 0.25) is 0 Å². The minimum Gasteiger partial charge on any atom is -0.452 e. The number of esters is 1. The minimum atomic E-state index is -0.988. The maximum absolute atomic E-state index is 12.0. The van der Waals surface area contributed by atoms with Crippen molar-refractivity contribution in [1.82, 2.24) is 5.32 Å². The third-order valence-electron chi connectivity index (χ3n) is 3.60. The molecule has 2 rings (SSSR count). The average molecular weight is 359 g/mol. The average Bonchev–Trinajstić information content (AvgIpc) is 2.58. The quantitative estimate of drug-likeness (QED) is 0.770. The van der Waals surface area contributed by atoms with Crippen LogP contribution in [0, 0.1) is 6.92 Å². The highest BCUT2D eigenvalue weighted by atomic mass is 32.2. The maximum atomic E-state index is 12.0. The van der Waals surface area contributed by atoms with Gasteiger partial charge >= 0.3 is 5.97 Å². The fourth-order valence-corrected chi connectivity index (χ4v) is 2.94. The van der Waals surface area contributed by atoms with Gasteiger partial charge in [0.1, 0.15) is 0 Å². The first-order chi connectivity index (χ1) is 12.0. The van der Waals surface area contributed by atoms with Crippen LogP contribution in [0.15, 0.2) is 48.5 Å². The monoisotopic (exact) mass is 359 g/mol. The van der Waals surface area contributed by atoms with Gasteiger partial charge in [-0.25, -0.2) is 4.79 Å². The van der Waals surface area contributed by atoms with Crippen molar-refractivity contribution >= 4 is 22.7 Å². The third kappa shape index (κ3) is 6.15. The number of hydrogen-bond donors (Lipinski definition) is 1. The Hall–Kier alpha value is -2.47. The van der Waals surface area contributed by atoms with Crippen LogP contribution in [0.1, 0.15) is 27.0 Å². The second-order valence-electron chi connectivity index (χ2n) is 5.70. The molecule has 0 bridgehead atoms. The highest BCUT2D eigenvalue weighted by Crippen LogP contribution is 2.09. The highest BCUT2D eigenvalue weighted by Gasteiger charge is 2.11. The zero-order valence-corrected chi connectivity index (χ0v) is 15.1. The highest BCUT2D eigenvalue weighted by molar-refractivity contribution is 7.83. The maximum Gasteiger partial charge on any atom is 0.338 e. The van der Waals surface area contributed by atoms with E-state index in [4.69, 9.17) is 4.74 Å². The van der Waals surface area contributed by atoms with Crippen LogP contribution in [0.3, 0.4) is 0 Å². The Kier molecular flexibility index (Phi) is 6.89. The molecule has 1 unspecified atom stereocenters. The Balaban J connectivity index is 1.84. The number of carbonyl (C=O) groups is 2. The smallest absolute Gasteiger partial charge is 0.338 e. The summed E-state index contributed by atoms with van der Waals surface area (Å²) in [6.07, 6.45) is 1.60. The van der Waals surface area contributed by atoms with Crippen LogP contribution in [0.5, 0.6) is 0 Å². The number of aryl methyl sites for hydroxylation is 1. The predicted octanol–water partition coefficient (Wildman–Crippen LogP) is 2.35. The molecule has 2 aromatic rings. The molecule has 0 aliphatic heterocycles. The van der Waals surface area contributed by atoms with Crippen molar-refractivity contribution in [2.45, 2.75) is 19.2 Å². The Morgan fingerprint density at radius 2 is 1.88 bits per heavy atom. The number of carbonyl (C=O) groups excluding carboxylic acids is 2. The van der Waals surface area contributed by atoms with Crippen molar-refractivity contribution in [2.24, 2.45) is 0 Å². The second-order valence-corrected chi connectivity index (χ2v) is 7.13. The lowest BCUT2D eigenvalue weighted by molar-refractivity contribution is -0.124. The van der Waals surface area contributed by atoms with Crippen LogP contribution in [0.25, 0.3) is 0 Å². The van der Waals surface area contributed by atoms with Gasteiger partial charge in [0, 0.05) is 29.4 Å². The van der Waals surface area contributed by atoms with Crippen molar-refractivity contribution in [1.29, 1.82) is 0 Å². The summed E-state index contributed by atoms with van der Waals surface area (Å²) in [6, 6.07) is 14.5. The fraction of sp³-hybridized carbons (Fsp3) is 0.263. The molecule has 132 valence electrons. The number of benzene rings is 2. The summed E-state index contributed by atoms with van der Waals surface area (Å²) in [5, 5.41) is 2.73. The van der Waals surface area contributed by atoms with E-state index in [2.05, 4.69) is 5.32 Å². The molecule has 6 heteroatoms. The molecule has 0 fully saturated rings. The van der Waals surface area contributed by atoms with Crippen molar-refractivity contribution in [3.63, 3.8) is 0 Å². The van der Waals surface area contributed by atoms with Gasteiger partial charge in [-0.3, -0.25) is 9.00 Å². The van der Waals surface area contributed by atoms with Gasteiger partial charge in [0.15, 0.2) is 6.61 Å². The number of rotatable bonds is 7. The van der Waals surface area contributed by atoms with E-state index in [1.165, 1.54) is 0 Å². The molecule has 1 amide bonds. The van der Waals surface area contributed by atoms with Gasteiger partial charge in [-0.1, -0.05) is 36.4 Å². The van der Waals surface area contributed by atoms with Gasteiger partial charge in [-0.15, -0.1) is 0 Å². The summed E-state index contributed by atoms with van der Waals surface area (Å²) in [5.41, 5.74) is 3.24. The summed E-state index contributed by atoms with van der Waals surface area (Å²) in [4.78, 5) is 23.9. The summed E-state index contributed by atoms with van der Waals surface area (Å²) >= 11 is 0. The molecule has 0 spiro atoms. The van der Waals surface area contributed by atoms with Crippen LogP contribution in [-0.4, -0.2) is 28.9 Å². The molecule has 0 aliphatic carbocycles. The van der Waals surface area contributed by atoms with Gasteiger partial charge in [-0.2, -0.15) is 0 Å². The van der Waals surface area contributed by atoms with Gasteiger partial charge in [0.2, 0.25) is 0 Å². The van der Waals surface area contributed by atoms with Gasteiger partial charge in [0.25, 0.3) is 5.91 Å². The van der Waals surface area contributed by atoms with E-state index >= 15 is 0 Å². The van der Waals surface area contributed by atoms with E-state index in [0.29, 0.717) is 17.9 Å². The van der Waals surface area contributed by atoms with Crippen LogP contribution < -0.4 is 5.32 Å². The Labute approximate surface area is 149 Å². The zero-order valence-electron chi connectivity index (χ0n) is 14.3. The van der Waals surface area contributed by atoms with Gasteiger partial charge in [-0.05, 0) is 35.7 Å². The number of ether oxygens (including phenoxy) is 1.